The number of hydrogen-bond donors (Lipinski definition) is 1. The molecule has 0 aliphatic carbocycles. The third kappa shape index (κ3) is 4.86. The summed E-state index contributed by atoms with van der Waals surface area (Å²) in [4.78, 5) is 16.0. The van der Waals surface area contributed by atoms with Crippen LogP contribution in [0.4, 0.5) is 0 Å². The molecule has 0 saturated heterocycles. The zero-order valence-corrected chi connectivity index (χ0v) is 10.8. The van der Waals surface area contributed by atoms with Gasteiger partial charge in [-0.1, -0.05) is 6.92 Å². The second kappa shape index (κ2) is 6.76. The number of nitrogens with two attached hydrogens (primary N) is 1. The maximum atomic E-state index is 11.7. The van der Waals surface area contributed by atoms with Crippen LogP contribution in [0.5, 0.6) is 0 Å². The van der Waals surface area contributed by atoms with Gasteiger partial charge in [-0.05, 0) is 32.2 Å². The number of carbonyl (C=O) groups excluding carboxylic acids is 1. The van der Waals surface area contributed by atoms with Gasteiger partial charge in [0.05, 0.1) is 10.7 Å². The summed E-state index contributed by atoms with van der Waals surface area (Å²) < 4.78 is 0. The molecule has 0 amide bonds. The largest absolute Gasteiger partial charge is 0.330 e. The lowest BCUT2D eigenvalue weighted by molar-refractivity contribution is -0.118. The van der Waals surface area contributed by atoms with Crippen molar-refractivity contribution in [3.63, 3.8) is 0 Å². The molecule has 1 atom stereocenters. The summed E-state index contributed by atoms with van der Waals surface area (Å²) >= 11 is 1.60. The van der Waals surface area contributed by atoms with E-state index in [1.807, 2.05) is 12.3 Å². The minimum absolute atomic E-state index is 0.286. The van der Waals surface area contributed by atoms with Gasteiger partial charge in [0.1, 0.15) is 5.78 Å². The summed E-state index contributed by atoms with van der Waals surface area (Å²) in [5.74, 6) is 0.834. The zero-order chi connectivity index (χ0) is 12.0. The highest BCUT2D eigenvalue weighted by Gasteiger charge is 2.09. The lowest BCUT2D eigenvalue weighted by atomic mass is 9.99. The quantitative estimate of drug-likeness (QED) is 0.795. The summed E-state index contributed by atoms with van der Waals surface area (Å²) in [6.45, 7) is 4.82. The van der Waals surface area contributed by atoms with E-state index in [2.05, 4.69) is 11.9 Å². The van der Waals surface area contributed by atoms with E-state index >= 15 is 0 Å². The van der Waals surface area contributed by atoms with Crippen molar-refractivity contribution < 1.29 is 4.79 Å². The molecule has 1 aromatic heterocycles. The summed E-state index contributed by atoms with van der Waals surface area (Å²) in [7, 11) is 0. The summed E-state index contributed by atoms with van der Waals surface area (Å²) in [6, 6.07) is 0. The first-order valence-corrected chi connectivity index (χ1v) is 6.62. The van der Waals surface area contributed by atoms with Crippen molar-refractivity contribution in [1.29, 1.82) is 0 Å². The Balaban J connectivity index is 2.26. The maximum absolute atomic E-state index is 11.7. The lowest BCUT2D eigenvalue weighted by Gasteiger charge is -2.08. The number of Topliss-reactive ketones (excluding diaryl/α,β-unsaturated/α-hetero) is 1. The summed E-state index contributed by atoms with van der Waals surface area (Å²) in [5.41, 5.74) is 6.38. The van der Waals surface area contributed by atoms with Crippen molar-refractivity contribution in [3.05, 3.63) is 16.1 Å². The average molecular weight is 240 g/mol. The van der Waals surface area contributed by atoms with Gasteiger partial charge in [0.25, 0.3) is 0 Å². The van der Waals surface area contributed by atoms with Gasteiger partial charge < -0.3 is 5.73 Å². The van der Waals surface area contributed by atoms with Crippen molar-refractivity contribution in [3.8, 4) is 0 Å². The van der Waals surface area contributed by atoms with Crippen molar-refractivity contribution in [2.24, 2.45) is 11.7 Å². The van der Waals surface area contributed by atoms with Crippen molar-refractivity contribution in [2.75, 3.05) is 6.54 Å². The molecule has 90 valence electrons. The molecule has 1 heterocycles. The van der Waals surface area contributed by atoms with Gasteiger partial charge in [0.15, 0.2) is 0 Å². The third-order valence-corrected chi connectivity index (χ3v) is 3.44. The van der Waals surface area contributed by atoms with Crippen molar-refractivity contribution in [2.45, 2.75) is 39.5 Å². The number of carbonyl (C=O) groups is 1. The van der Waals surface area contributed by atoms with Crippen LogP contribution in [0.25, 0.3) is 0 Å². The Morgan fingerprint density at radius 2 is 2.31 bits per heavy atom. The van der Waals surface area contributed by atoms with Gasteiger partial charge in [0.2, 0.25) is 0 Å². The van der Waals surface area contributed by atoms with E-state index in [-0.39, 0.29) is 5.78 Å². The average Bonchev–Trinajstić information content (AvgIpc) is 2.61. The highest BCUT2D eigenvalue weighted by Crippen LogP contribution is 2.13. The predicted molar refractivity (Wildman–Crippen MR) is 67.6 cm³/mol. The van der Waals surface area contributed by atoms with Crippen LogP contribution in [0.15, 0.2) is 5.38 Å². The molecule has 0 spiro atoms. The first kappa shape index (κ1) is 13.3. The molecule has 0 aromatic carbocycles. The molecule has 0 bridgehead atoms. The van der Waals surface area contributed by atoms with Gasteiger partial charge in [0, 0.05) is 18.2 Å². The summed E-state index contributed by atoms with van der Waals surface area (Å²) in [6.07, 6.45) is 3.08. The predicted octanol–water partition coefficient (Wildman–Crippen LogP) is 2.33. The maximum Gasteiger partial charge on any atom is 0.138 e. The van der Waals surface area contributed by atoms with Crippen LogP contribution >= 0.6 is 11.3 Å². The number of hydrogen-bond acceptors (Lipinski definition) is 4. The Kier molecular flexibility index (Phi) is 5.63. The van der Waals surface area contributed by atoms with Crippen LogP contribution < -0.4 is 5.73 Å². The minimum atomic E-state index is 0.286. The number of ketones is 1. The Bertz CT molecular complexity index is 336. The minimum Gasteiger partial charge on any atom is -0.330 e. The molecule has 2 N–H and O–H groups in total. The van der Waals surface area contributed by atoms with E-state index < -0.39 is 0 Å². The van der Waals surface area contributed by atoms with E-state index in [1.165, 1.54) is 0 Å². The second-order valence-electron chi connectivity index (χ2n) is 4.29. The molecule has 3 nitrogen and oxygen atoms in total. The fourth-order valence-corrected chi connectivity index (χ4v) is 2.23. The van der Waals surface area contributed by atoms with E-state index in [0.29, 0.717) is 25.3 Å². The zero-order valence-electron chi connectivity index (χ0n) is 10.0. The molecule has 0 saturated carbocycles. The molecular formula is C12H20N2OS. The standard InChI is InChI=1S/C12H20N2OS/c1-9(5-6-13)3-4-12(15)7-11-8-16-10(2)14-11/h8-9H,3-7,13H2,1-2H3. The molecule has 1 unspecified atom stereocenters. The molecule has 0 aliphatic heterocycles. The van der Waals surface area contributed by atoms with E-state index in [1.54, 1.807) is 11.3 Å². The fourth-order valence-electron chi connectivity index (χ4n) is 1.62. The SMILES string of the molecule is Cc1nc(CC(=O)CCC(C)CCN)cs1. The topological polar surface area (TPSA) is 56.0 Å². The number of rotatable bonds is 7. The third-order valence-electron chi connectivity index (χ3n) is 2.62. The first-order valence-electron chi connectivity index (χ1n) is 5.74. The van der Waals surface area contributed by atoms with Crippen LogP contribution in [0.1, 0.15) is 36.9 Å². The second-order valence-corrected chi connectivity index (χ2v) is 5.36. The normalized spacial score (nSPS) is 12.7. The van der Waals surface area contributed by atoms with Gasteiger partial charge in [-0.3, -0.25) is 4.79 Å². The Labute approximate surface area is 101 Å². The smallest absolute Gasteiger partial charge is 0.138 e. The van der Waals surface area contributed by atoms with Crippen LogP contribution in [0.3, 0.4) is 0 Å². The van der Waals surface area contributed by atoms with E-state index in [4.69, 9.17) is 5.73 Å². The van der Waals surface area contributed by atoms with Crippen LogP contribution in [0, 0.1) is 12.8 Å². The highest BCUT2D eigenvalue weighted by atomic mass is 32.1. The Hall–Kier alpha value is -0.740. The number of aryl methyl sites for hydroxylation is 1. The molecule has 16 heavy (non-hydrogen) atoms. The van der Waals surface area contributed by atoms with Crippen LogP contribution in [-0.4, -0.2) is 17.3 Å². The Morgan fingerprint density at radius 1 is 1.56 bits per heavy atom. The molecule has 0 radical (unpaired) electrons. The lowest BCUT2D eigenvalue weighted by Crippen LogP contribution is -2.09. The number of nitrogens with zero attached hydrogens (tertiary/aromatic N) is 1. The number of thiazole rings is 1. The monoisotopic (exact) mass is 240 g/mol. The van der Waals surface area contributed by atoms with E-state index in [9.17, 15) is 4.79 Å². The molecular weight excluding hydrogens is 220 g/mol. The summed E-state index contributed by atoms with van der Waals surface area (Å²) in [5, 5.41) is 3.00. The van der Waals surface area contributed by atoms with Crippen molar-refractivity contribution in [1.82, 2.24) is 4.98 Å². The van der Waals surface area contributed by atoms with E-state index in [0.717, 1.165) is 23.5 Å². The van der Waals surface area contributed by atoms with Crippen LogP contribution in [-0.2, 0) is 11.2 Å². The molecule has 0 fully saturated rings. The molecule has 4 heteroatoms. The van der Waals surface area contributed by atoms with Gasteiger partial charge in [-0.2, -0.15) is 0 Å². The van der Waals surface area contributed by atoms with Gasteiger partial charge in [-0.25, -0.2) is 4.98 Å². The Morgan fingerprint density at radius 3 is 2.88 bits per heavy atom. The molecule has 1 rings (SSSR count). The number of aromatic nitrogens is 1. The van der Waals surface area contributed by atoms with Gasteiger partial charge in [-0.15, -0.1) is 11.3 Å². The highest BCUT2D eigenvalue weighted by molar-refractivity contribution is 7.09. The first-order chi connectivity index (χ1) is 7.61. The molecule has 1 aromatic rings. The van der Waals surface area contributed by atoms with Crippen molar-refractivity contribution >= 4 is 17.1 Å². The fraction of sp³-hybridized carbons (Fsp3) is 0.667. The molecule has 0 aliphatic rings. The van der Waals surface area contributed by atoms with Crippen LogP contribution in [0.2, 0.25) is 0 Å². The van der Waals surface area contributed by atoms with Gasteiger partial charge >= 0.3 is 0 Å².